The molecule has 0 aromatic heterocycles. The Labute approximate surface area is 105 Å². The Kier molecular flexibility index (Phi) is 6.16. The summed E-state index contributed by atoms with van der Waals surface area (Å²) in [7, 11) is 1.79. The van der Waals surface area contributed by atoms with Crippen LogP contribution in [0.4, 0.5) is 0 Å². The molecule has 1 aliphatic carbocycles. The van der Waals surface area contributed by atoms with Gasteiger partial charge in [0.15, 0.2) is 0 Å². The number of rotatable bonds is 9. The van der Waals surface area contributed by atoms with E-state index >= 15 is 0 Å². The smallest absolute Gasteiger partial charge is 0.0637 e. The average molecular weight is 245 g/mol. The first kappa shape index (κ1) is 14.3. The van der Waals surface area contributed by atoms with Gasteiger partial charge in [-0.2, -0.15) is 11.8 Å². The molecule has 1 saturated carbocycles. The van der Waals surface area contributed by atoms with Gasteiger partial charge in [0.1, 0.15) is 0 Å². The summed E-state index contributed by atoms with van der Waals surface area (Å²) in [5.74, 6) is 3.67. The molecule has 1 rings (SSSR count). The van der Waals surface area contributed by atoms with Gasteiger partial charge >= 0.3 is 0 Å². The second kappa shape index (κ2) is 6.87. The molecule has 16 heavy (non-hydrogen) atoms. The zero-order valence-corrected chi connectivity index (χ0v) is 12.0. The van der Waals surface area contributed by atoms with Gasteiger partial charge in [-0.3, -0.25) is 0 Å². The molecule has 0 radical (unpaired) electrons. The normalized spacial score (nSPS) is 18.8. The first-order chi connectivity index (χ1) is 7.53. The van der Waals surface area contributed by atoms with Gasteiger partial charge < -0.3 is 10.1 Å². The van der Waals surface area contributed by atoms with Crippen LogP contribution in [0.3, 0.4) is 0 Å². The summed E-state index contributed by atoms with van der Waals surface area (Å²) in [6, 6.07) is 0.538. The molecule has 0 aliphatic heterocycles. The van der Waals surface area contributed by atoms with E-state index in [1.54, 1.807) is 7.11 Å². The van der Waals surface area contributed by atoms with Gasteiger partial charge in [0.25, 0.3) is 0 Å². The maximum atomic E-state index is 5.43. The van der Waals surface area contributed by atoms with E-state index in [1.807, 2.05) is 0 Å². The minimum absolute atomic E-state index is 0.00638. The lowest BCUT2D eigenvalue weighted by atomic mass is 10.00. The lowest BCUT2D eigenvalue weighted by Gasteiger charge is -2.27. The van der Waals surface area contributed by atoms with Crippen LogP contribution in [0.5, 0.6) is 0 Å². The summed E-state index contributed by atoms with van der Waals surface area (Å²) in [6.45, 7) is 7.66. The molecule has 2 nitrogen and oxygen atoms in total. The highest BCUT2D eigenvalue weighted by Crippen LogP contribution is 2.32. The van der Waals surface area contributed by atoms with Crippen LogP contribution in [0.25, 0.3) is 0 Å². The van der Waals surface area contributed by atoms with E-state index in [0.29, 0.717) is 6.04 Å². The number of thioether (sulfide) groups is 1. The van der Waals surface area contributed by atoms with Crippen molar-refractivity contribution in [1.29, 1.82) is 0 Å². The van der Waals surface area contributed by atoms with Gasteiger partial charge in [-0.15, -0.1) is 0 Å². The molecule has 1 fully saturated rings. The zero-order chi connectivity index (χ0) is 12.0. The molecule has 1 aliphatic rings. The second-order valence-electron chi connectivity index (χ2n) is 5.54. The molecular formula is C13H27NOS. The fourth-order valence-corrected chi connectivity index (χ4v) is 2.90. The second-order valence-corrected chi connectivity index (χ2v) is 6.69. The highest BCUT2D eigenvalue weighted by atomic mass is 32.2. The number of hydrogen-bond acceptors (Lipinski definition) is 3. The van der Waals surface area contributed by atoms with Crippen LogP contribution >= 0.6 is 11.8 Å². The monoisotopic (exact) mass is 245 g/mol. The van der Waals surface area contributed by atoms with Crippen LogP contribution in [0, 0.1) is 5.92 Å². The summed E-state index contributed by atoms with van der Waals surface area (Å²) in [6.07, 6.45) is 4.01. The van der Waals surface area contributed by atoms with Crippen LogP contribution in [0.2, 0.25) is 0 Å². The van der Waals surface area contributed by atoms with E-state index < -0.39 is 0 Å². The number of nitrogens with one attached hydrogen (secondary N) is 1. The Morgan fingerprint density at radius 1 is 1.44 bits per heavy atom. The summed E-state index contributed by atoms with van der Waals surface area (Å²) >= 11 is 2.10. The van der Waals surface area contributed by atoms with E-state index in [1.165, 1.54) is 24.3 Å². The molecule has 0 spiro atoms. The molecule has 1 unspecified atom stereocenters. The predicted octanol–water partition coefficient (Wildman–Crippen LogP) is 2.92. The Morgan fingerprint density at radius 2 is 2.12 bits per heavy atom. The molecule has 0 aromatic rings. The Bertz CT molecular complexity index is 192. The van der Waals surface area contributed by atoms with Crippen LogP contribution in [-0.4, -0.2) is 36.8 Å². The number of methoxy groups -OCH3 is 1. The van der Waals surface area contributed by atoms with Crippen LogP contribution in [-0.2, 0) is 4.74 Å². The highest BCUT2D eigenvalue weighted by Gasteiger charge is 2.21. The van der Waals surface area contributed by atoms with Crippen molar-refractivity contribution in [3.05, 3.63) is 0 Å². The van der Waals surface area contributed by atoms with Gasteiger partial charge in [-0.05, 0) is 51.7 Å². The molecule has 0 bridgehead atoms. The van der Waals surface area contributed by atoms with Gasteiger partial charge in [-0.1, -0.05) is 0 Å². The maximum Gasteiger partial charge on any atom is 0.0637 e. The molecule has 0 amide bonds. The van der Waals surface area contributed by atoms with Gasteiger partial charge in [0.05, 0.1) is 5.60 Å². The molecule has 0 aromatic carbocycles. The van der Waals surface area contributed by atoms with Gasteiger partial charge in [-0.25, -0.2) is 0 Å². The van der Waals surface area contributed by atoms with Crippen LogP contribution in [0.1, 0.15) is 40.0 Å². The van der Waals surface area contributed by atoms with E-state index in [9.17, 15) is 0 Å². The summed E-state index contributed by atoms with van der Waals surface area (Å²) in [4.78, 5) is 0. The van der Waals surface area contributed by atoms with Crippen molar-refractivity contribution < 1.29 is 4.74 Å². The lowest BCUT2D eigenvalue weighted by molar-refractivity contribution is 0.00876. The quantitative estimate of drug-likeness (QED) is 0.631. The van der Waals surface area contributed by atoms with Crippen molar-refractivity contribution in [2.45, 2.75) is 51.7 Å². The van der Waals surface area contributed by atoms with Crippen molar-refractivity contribution in [1.82, 2.24) is 5.32 Å². The first-order valence-electron chi connectivity index (χ1n) is 6.40. The number of ether oxygens (including phenoxy) is 1. The molecule has 96 valence electrons. The van der Waals surface area contributed by atoms with E-state index in [4.69, 9.17) is 4.74 Å². The van der Waals surface area contributed by atoms with E-state index in [2.05, 4.69) is 37.8 Å². The summed E-state index contributed by atoms with van der Waals surface area (Å²) in [5.41, 5.74) is -0.00638. The molecule has 1 N–H and O–H groups in total. The first-order valence-corrected chi connectivity index (χ1v) is 7.55. The highest BCUT2D eigenvalue weighted by molar-refractivity contribution is 7.99. The molecule has 1 atom stereocenters. The Morgan fingerprint density at radius 3 is 2.69 bits per heavy atom. The lowest BCUT2D eigenvalue weighted by Crippen LogP contribution is -2.36. The summed E-state index contributed by atoms with van der Waals surface area (Å²) < 4.78 is 5.43. The fourth-order valence-electron chi connectivity index (χ4n) is 1.80. The van der Waals surface area contributed by atoms with Crippen LogP contribution < -0.4 is 5.32 Å². The minimum Gasteiger partial charge on any atom is -0.379 e. The maximum absolute atomic E-state index is 5.43. The third-order valence-corrected chi connectivity index (χ3v) is 4.34. The van der Waals surface area contributed by atoms with Crippen molar-refractivity contribution in [3.63, 3.8) is 0 Å². The third-order valence-electron chi connectivity index (χ3n) is 3.14. The SMILES string of the molecule is COC(C)(C)CC(C)NCCSCC1CC1. The van der Waals surface area contributed by atoms with Crippen molar-refractivity contribution in [2.75, 3.05) is 25.2 Å². The molecular weight excluding hydrogens is 218 g/mol. The third kappa shape index (κ3) is 6.77. The minimum atomic E-state index is -0.00638. The Hall–Kier alpha value is 0.270. The largest absolute Gasteiger partial charge is 0.379 e. The van der Waals surface area contributed by atoms with Gasteiger partial charge in [0, 0.05) is 25.4 Å². The van der Waals surface area contributed by atoms with E-state index in [-0.39, 0.29) is 5.60 Å². The van der Waals surface area contributed by atoms with Crippen LogP contribution in [0.15, 0.2) is 0 Å². The zero-order valence-electron chi connectivity index (χ0n) is 11.2. The topological polar surface area (TPSA) is 21.3 Å². The average Bonchev–Trinajstić information content (AvgIpc) is 3.00. The summed E-state index contributed by atoms with van der Waals surface area (Å²) in [5, 5.41) is 3.57. The predicted molar refractivity (Wildman–Crippen MR) is 73.2 cm³/mol. The molecule has 0 heterocycles. The fraction of sp³-hybridized carbons (Fsp3) is 1.00. The Balaban J connectivity index is 1.94. The number of hydrogen-bond donors (Lipinski definition) is 1. The standard InChI is InChI=1S/C13H27NOS/c1-11(9-13(2,3)15-4)14-7-8-16-10-12-5-6-12/h11-12,14H,5-10H2,1-4H3. The van der Waals surface area contributed by atoms with E-state index in [0.717, 1.165) is 18.9 Å². The van der Waals surface area contributed by atoms with Crippen molar-refractivity contribution >= 4 is 11.8 Å². The van der Waals surface area contributed by atoms with Crippen molar-refractivity contribution in [3.8, 4) is 0 Å². The van der Waals surface area contributed by atoms with Gasteiger partial charge in [0.2, 0.25) is 0 Å². The molecule has 3 heteroatoms. The molecule has 0 saturated heterocycles. The van der Waals surface area contributed by atoms with Crippen molar-refractivity contribution in [2.24, 2.45) is 5.92 Å².